The van der Waals surface area contributed by atoms with E-state index in [1.54, 1.807) is 0 Å². The summed E-state index contributed by atoms with van der Waals surface area (Å²) in [5, 5.41) is 11.3. The van der Waals surface area contributed by atoms with Gasteiger partial charge in [-0.25, -0.2) is 0 Å². The molecule has 0 saturated heterocycles. The number of hydrogen-bond acceptors (Lipinski definition) is 2. The second kappa shape index (κ2) is 6.17. The van der Waals surface area contributed by atoms with Crippen molar-refractivity contribution >= 4 is 22.5 Å². The minimum absolute atomic E-state index is 0.613. The maximum Gasteiger partial charge on any atom is 0.0855 e. The summed E-state index contributed by atoms with van der Waals surface area (Å²) >= 11 is 0. The first kappa shape index (κ1) is 13.9. The van der Waals surface area contributed by atoms with E-state index in [0.29, 0.717) is 6.54 Å². The van der Waals surface area contributed by atoms with Gasteiger partial charge in [-0.15, -0.1) is 0 Å². The Morgan fingerprint density at radius 3 is 2.74 bits per heavy atom. The molecule has 0 atom stereocenters. The van der Waals surface area contributed by atoms with E-state index in [0.717, 1.165) is 18.5 Å². The van der Waals surface area contributed by atoms with Crippen LogP contribution in [0.5, 0.6) is 0 Å². The molecule has 0 unspecified atom stereocenters. The van der Waals surface area contributed by atoms with Crippen LogP contribution in [0.1, 0.15) is 23.1 Å². The predicted octanol–water partition coefficient (Wildman–Crippen LogP) is 6.08. The minimum atomic E-state index is 0.613. The van der Waals surface area contributed by atoms with Crippen molar-refractivity contribution in [3.63, 3.8) is 0 Å². The van der Waals surface area contributed by atoms with Crippen LogP contribution in [0.4, 0.5) is 5.69 Å². The maximum absolute atomic E-state index is 4.39. The van der Waals surface area contributed by atoms with Gasteiger partial charge in [-0.05, 0) is 58.5 Å². The fourth-order valence-corrected chi connectivity index (χ4v) is 3.02. The Kier molecular flexibility index (Phi) is 3.73. The molecule has 2 heteroatoms. The minimum Gasteiger partial charge on any atom is -0.184 e. The lowest BCUT2D eigenvalue weighted by atomic mass is 9.97. The molecule has 0 heterocycles. The Morgan fingerprint density at radius 2 is 1.78 bits per heavy atom. The van der Waals surface area contributed by atoms with Gasteiger partial charge in [0.15, 0.2) is 0 Å². The largest absolute Gasteiger partial charge is 0.184 e. The quantitative estimate of drug-likeness (QED) is 0.523. The molecule has 0 saturated carbocycles. The average Bonchev–Trinajstić information content (AvgIpc) is 2.61. The third kappa shape index (κ3) is 3.07. The Balaban J connectivity index is 1.51. The van der Waals surface area contributed by atoms with E-state index in [1.165, 1.54) is 27.5 Å². The van der Waals surface area contributed by atoms with Gasteiger partial charge < -0.3 is 0 Å². The zero-order valence-corrected chi connectivity index (χ0v) is 12.9. The zero-order chi connectivity index (χ0) is 15.5. The number of nitrogens with zero attached hydrogens (tertiary/aromatic N) is 2. The topological polar surface area (TPSA) is 24.7 Å². The fraction of sp³-hybridized carbons (Fsp3) is 0.143. The summed E-state index contributed by atoms with van der Waals surface area (Å²) in [5.74, 6) is 0. The Morgan fingerprint density at radius 1 is 0.870 bits per heavy atom. The maximum atomic E-state index is 4.39. The molecule has 0 N–H and O–H groups in total. The molecular weight excluding hydrogens is 280 g/mol. The summed E-state index contributed by atoms with van der Waals surface area (Å²) < 4.78 is 0. The predicted molar refractivity (Wildman–Crippen MR) is 96.0 cm³/mol. The lowest BCUT2D eigenvalue weighted by Crippen LogP contribution is -1.92. The van der Waals surface area contributed by atoms with Crippen molar-refractivity contribution in [3.8, 4) is 0 Å². The number of aryl methyl sites for hydroxylation is 1. The van der Waals surface area contributed by atoms with E-state index in [-0.39, 0.29) is 0 Å². The van der Waals surface area contributed by atoms with Gasteiger partial charge in [0.25, 0.3) is 0 Å². The average molecular weight is 298 g/mol. The third-order valence-electron chi connectivity index (χ3n) is 4.26. The van der Waals surface area contributed by atoms with Crippen molar-refractivity contribution in [2.45, 2.75) is 19.4 Å². The normalized spacial score (nSPS) is 13.6. The molecule has 23 heavy (non-hydrogen) atoms. The molecule has 0 aliphatic heterocycles. The van der Waals surface area contributed by atoms with Crippen molar-refractivity contribution in [1.29, 1.82) is 0 Å². The molecule has 0 aromatic heterocycles. The summed E-state index contributed by atoms with van der Waals surface area (Å²) in [5.41, 5.74) is 4.81. The van der Waals surface area contributed by atoms with Crippen molar-refractivity contribution in [1.82, 2.24) is 0 Å². The summed E-state index contributed by atoms with van der Waals surface area (Å²) in [6.45, 7) is 0.613. The van der Waals surface area contributed by atoms with Crippen LogP contribution in [0.25, 0.3) is 16.8 Å². The van der Waals surface area contributed by atoms with Crippen molar-refractivity contribution in [3.05, 3.63) is 83.4 Å². The number of allylic oxidation sites excluding steroid dienone is 1. The van der Waals surface area contributed by atoms with Crippen LogP contribution in [-0.4, -0.2) is 0 Å². The van der Waals surface area contributed by atoms with E-state index in [9.17, 15) is 0 Å². The molecule has 3 aromatic carbocycles. The number of rotatable bonds is 3. The number of benzene rings is 3. The van der Waals surface area contributed by atoms with E-state index in [2.05, 4.69) is 77.0 Å². The van der Waals surface area contributed by atoms with Crippen LogP contribution < -0.4 is 0 Å². The number of azo groups is 1. The second-order valence-electron chi connectivity index (χ2n) is 5.91. The highest BCUT2D eigenvalue weighted by molar-refractivity contribution is 5.82. The fourth-order valence-electron chi connectivity index (χ4n) is 3.02. The SMILES string of the molecule is C1=Cc2ccc(/N=N\Cc3ccc4ccccc4c3)cc2CC1. The summed E-state index contributed by atoms with van der Waals surface area (Å²) in [6.07, 6.45) is 6.63. The van der Waals surface area contributed by atoms with Gasteiger partial charge >= 0.3 is 0 Å². The highest BCUT2D eigenvalue weighted by Gasteiger charge is 2.04. The van der Waals surface area contributed by atoms with Crippen LogP contribution in [0, 0.1) is 0 Å². The van der Waals surface area contributed by atoms with Crippen molar-refractivity contribution < 1.29 is 0 Å². The Labute approximate surface area is 136 Å². The first-order valence-corrected chi connectivity index (χ1v) is 8.03. The zero-order valence-electron chi connectivity index (χ0n) is 12.9. The molecule has 2 nitrogen and oxygen atoms in total. The van der Waals surface area contributed by atoms with E-state index < -0.39 is 0 Å². The molecule has 0 fully saturated rings. The molecule has 0 radical (unpaired) electrons. The molecule has 0 amide bonds. The summed E-state index contributed by atoms with van der Waals surface area (Å²) in [4.78, 5) is 0. The number of hydrogen-bond donors (Lipinski definition) is 0. The first-order valence-electron chi connectivity index (χ1n) is 8.03. The van der Waals surface area contributed by atoms with Gasteiger partial charge in [0.2, 0.25) is 0 Å². The lowest BCUT2D eigenvalue weighted by molar-refractivity contribution is 0.952. The highest BCUT2D eigenvalue weighted by Crippen LogP contribution is 2.25. The Hall–Kier alpha value is -2.74. The molecule has 4 rings (SSSR count). The summed E-state index contributed by atoms with van der Waals surface area (Å²) in [7, 11) is 0. The van der Waals surface area contributed by atoms with Gasteiger partial charge in [0.1, 0.15) is 0 Å². The third-order valence-corrected chi connectivity index (χ3v) is 4.26. The van der Waals surface area contributed by atoms with Gasteiger partial charge in [-0.2, -0.15) is 10.2 Å². The van der Waals surface area contributed by atoms with Gasteiger partial charge in [0.05, 0.1) is 12.2 Å². The van der Waals surface area contributed by atoms with Crippen LogP contribution in [-0.2, 0) is 13.0 Å². The first-order chi connectivity index (χ1) is 11.4. The molecule has 3 aromatic rings. The number of fused-ring (bicyclic) bond motifs is 2. The van der Waals surface area contributed by atoms with Gasteiger partial charge in [-0.3, -0.25) is 0 Å². The van der Waals surface area contributed by atoms with Crippen LogP contribution >= 0.6 is 0 Å². The monoisotopic (exact) mass is 298 g/mol. The lowest BCUT2D eigenvalue weighted by Gasteiger charge is -2.09. The molecule has 1 aliphatic carbocycles. The molecule has 1 aliphatic rings. The van der Waals surface area contributed by atoms with E-state index in [4.69, 9.17) is 0 Å². The Bertz CT molecular complexity index is 907. The van der Waals surface area contributed by atoms with E-state index in [1.807, 2.05) is 6.07 Å². The standard InChI is InChI=1S/C21H18N2/c1-3-7-19-13-16(9-10-17(19)5-1)15-22-23-21-12-11-18-6-2-4-8-20(18)14-21/h1-3,5-7,9-14H,4,8,15H2/b23-22-. The van der Waals surface area contributed by atoms with Gasteiger partial charge in [-0.1, -0.05) is 54.6 Å². The smallest absolute Gasteiger partial charge is 0.0855 e. The molecule has 0 spiro atoms. The van der Waals surface area contributed by atoms with E-state index >= 15 is 0 Å². The van der Waals surface area contributed by atoms with Gasteiger partial charge in [0, 0.05) is 0 Å². The summed E-state index contributed by atoms with van der Waals surface area (Å²) in [6, 6.07) is 21.2. The molecule has 0 bridgehead atoms. The van der Waals surface area contributed by atoms with Crippen LogP contribution in [0.2, 0.25) is 0 Å². The second-order valence-corrected chi connectivity index (χ2v) is 5.91. The van der Waals surface area contributed by atoms with Crippen LogP contribution in [0.15, 0.2) is 77.0 Å². The molecule has 112 valence electrons. The van der Waals surface area contributed by atoms with Crippen LogP contribution in [0.3, 0.4) is 0 Å². The molecular formula is C21H18N2. The van der Waals surface area contributed by atoms with Crippen molar-refractivity contribution in [2.24, 2.45) is 10.2 Å². The van der Waals surface area contributed by atoms with Crippen molar-refractivity contribution in [2.75, 3.05) is 0 Å². The highest BCUT2D eigenvalue weighted by atomic mass is 15.1.